The normalized spacial score (nSPS) is 18.4. The molecule has 46 heavy (non-hydrogen) atoms. The molecular weight excluding hydrogens is 598 g/mol. The van der Waals surface area contributed by atoms with E-state index in [9.17, 15) is 23.5 Å². The number of pyridine rings is 3. The number of nitrogens with one attached hydrogen (secondary N) is 1. The van der Waals surface area contributed by atoms with Crippen molar-refractivity contribution in [3.63, 3.8) is 0 Å². The predicted octanol–water partition coefficient (Wildman–Crippen LogP) is 6.02. The van der Waals surface area contributed by atoms with Gasteiger partial charge in [0.2, 0.25) is 6.29 Å². The predicted molar refractivity (Wildman–Crippen MR) is 164 cm³/mol. The summed E-state index contributed by atoms with van der Waals surface area (Å²) in [5.41, 5.74) is 1.60. The lowest BCUT2D eigenvalue weighted by Gasteiger charge is -2.37. The zero-order valence-electron chi connectivity index (χ0n) is 26.0. The number of hydrogen-bond acceptors (Lipinski definition) is 10. The summed E-state index contributed by atoms with van der Waals surface area (Å²) in [4.78, 5) is 38.3. The van der Waals surface area contributed by atoms with E-state index in [1.165, 1.54) is 42.3 Å². The van der Waals surface area contributed by atoms with Crippen LogP contribution in [0.2, 0.25) is 0 Å². The molecule has 2 N–H and O–H groups in total. The van der Waals surface area contributed by atoms with Crippen LogP contribution in [-0.2, 0) is 26.9 Å². The summed E-state index contributed by atoms with van der Waals surface area (Å²) in [6, 6.07) is 9.80. The zero-order chi connectivity index (χ0) is 33.0. The van der Waals surface area contributed by atoms with Gasteiger partial charge in [0.1, 0.15) is 17.2 Å². The van der Waals surface area contributed by atoms with Crippen LogP contribution in [-0.4, -0.2) is 48.1 Å². The third-order valence-corrected chi connectivity index (χ3v) is 8.19. The van der Waals surface area contributed by atoms with Gasteiger partial charge in [-0.15, -0.1) is 0 Å². The largest absolute Gasteiger partial charge is 0.425 e. The van der Waals surface area contributed by atoms with Crippen molar-refractivity contribution < 1.29 is 33.0 Å². The number of hydrogen-bond donors (Lipinski definition) is 2. The Morgan fingerprint density at radius 2 is 1.80 bits per heavy atom. The molecule has 242 valence electrons. The van der Waals surface area contributed by atoms with Crippen LogP contribution in [0.1, 0.15) is 73.1 Å². The van der Waals surface area contributed by atoms with Gasteiger partial charge in [-0.3, -0.25) is 14.5 Å². The molecule has 1 fully saturated rings. The summed E-state index contributed by atoms with van der Waals surface area (Å²) in [5, 5.41) is 18.5. The molecule has 0 aliphatic heterocycles. The van der Waals surface area contributed by atoms with Gasteiger partial charge in [0.25, 0.3) is 6.43 Å². The Labute approximate surface area is 265 Å². The van der Waals surface area contributed by atoms with E-state index in [0.717, 1.165) is 5.56 Å². The molecule has 5 rings (SSSR count). The van der Waals surface area contributed by atoms with Gasteiger partial charge >= 0.3 is 11.9 Å². The molecular formula is C33H36F2N6O5. The maximum absolute atomic E-state index is 13.1. The molecule has 1 aliphatic carbocycles. The van der Waals surface area contributed by atoms with E-state index in [0.29, 0.717) is 48.5 Å². The van der Waals surface area contributed by atoms with E-state index in [1.807, 2.05) is 19.1 Å². The van der Waals surface area contributed by atoms with Gasteiger partial charge in [-0.25, -0.2) is 23.5 Å². The number of aliphatic hydroxyl groups is 1. The van der Waals surface area contributed by atoms with E-state index in [4.69, 9.17) is 9.47 Å². The van der Waals surface area contributed by atoms with Crippen molar-refractivity contribution in [2.24, 2.45) is 18.9 Å². The van der Waals surface area contributed by atoms with Crippen molar-refractivity contribution in [2.75, 3.05) is 5.32 Å². The Hall–Kier alpha value is -4.78. The minimum atomic E-state index is -2.61. The highest BCUT2D eigenvalue weighted by Crippen LogP contribution is 2.41. The highest BCUT2D eigenvalue weighted by Gasteiger charge is 2.39. The van der Waals surface area contributed by atoms with Crippen LogP contribution in [0.4, 0.5) is 20.4 Å². The lowest BCUT2D eigenvalue weighted by atomic mass is 9.73. The van der Waals surface area contributed by atoms with Crippen LogP contribution in [0.5, 0.6) is 0 Å². The second-order valence-corrected chi connectivity index (χ2v) is 11.8. The maximum atomic E-state index is 13.1. The van der Waals surface area contributed by atoms with Crippen molar-refractivity contribution >= 4 is 23.6 Å². The minimum absolute atomic E-state index is 0.139. The number of carbonyl (C=O) groups excluding carboxylic acids is 2. The summed E-state index contributed by atoms with van der Waals surface area (Å²) in [7, 11) is 1.68. The maximum Gasteiger partial charge on any atom is 0.344 e. The Balaban J connectivity index is 1.18. The summed E-state index contributed by atoms with van der Waals surface area (Å²) in [5.74, 6) is -0.874. The number of nitrogens with zero attached hydrogens (tertiary/aromatic N) is 5. The minimum Gasteiger partial charge on any atom is -0.425 e. The average Bonchev–Trinajstić information content (AvgIpc) is 3.47. The summed E-state index contributed by atoms with van der Waals surface area (Å²) >= 11 is 0. The van der Waals surface area contributed by atoms with Crippen LogP contribution in [0, 0.1) is 18.8 Å². The first kappa shape index (κ1) is 32.6. The number of carbonyl (C=O) groups is 2. The van der Waals surface area contributed by atoms with Gasteiger partial charge in [-0.1, -0.05) is 0 Å². The third-order valence-electron chi connectivity index (χ3n) is 8.19. The van der Waals surface area contributed by atoms with Gasteiger partial charge in [-0.2, -0.15) is 5.10 Å². The van der Waals surface area contributed by atoms with Crippen molar-refractivity contribution in [1.82, 2.24) is 24.7 Å². The van der Waals surface area contributed by atoms with Crippen molar-refractivity contribution in [1.29, 1.82) is 0 Å². The monoisotopic (exact) mass is 634 g/mol. The van der Waals surface area contributed by atoms with Gasteiger partial charge in [0.15, 0.2) is 0 Å². The van der Waals surface area contributed by atoms with Crippen LogP contribution in [0.15, 0.2) is 61.2 Å². The molecule has 0 spiro atoms. The Bertz CT molecular complexity index is 1690. The molecule has 0 amide bonds. The molecule has 1 saturated carbocycles. The van der Waals surface area contributed by atoms with Crippen molar-refractivity contribution in [3.05, 3.63) is 83.6 Å². The molecule has 0 aromatic carbocycles. The number of alkyl halides is 2. The van der Waals surface area contributed by atoms with Crippen LogP contribution in [0.3, 0.4) is 0 Å². The third kappa shape index (κ3) is 7.71. The van der Waals surface area contributed by atoms with Crippen molar-refractivity contribution in [3.8, 4) is 11.3 Å². The molecule has 4 aromatic rings. The smallest absolute Gasteiger partial charge is 0.344 e. The molecule has 0 radical (unpaired) electrons. The molecule has 0 bridgehead atoms. The van der Waals surface area contributed by atoms with E-state index in [-0.39, 0.29) is 28.8 Å². The Morgan fingerprint density at radius 3 is 2.46 bits per heavy atom. The number of rotatable bonds is 10. The number of aryl methyl sites for hydroxylation is 2. The second-order valence-electron chi connectivity index (χ2n) is 11.8. The molecule has 2 atom stereocenters. The van der Waals surface area contributed by atoms with Crippen LogP contribution >= 0.6 is 0 Å². The Morgan fingerprint density at radius 1 is 1.04 bits per heavy atom. The lowest BCUT2D eigenvalue weighted by molar-refractivity contribution is -0.172. The van der Waals surface area contributed by atoms with E-state index in [1.54, 1.807) is 32.3 Å². The number of anilines is 2. The number of ether oxygens (including phenoxy) is 2. The van der Waals surface area contributed by atoms with E-state index < -0.39 is 30.3 Å². The van der Waals surface area contributed by atoms with E-state index >= 15 is 0 Å². The first-order valence-electron chi connectivity index (χ1n) is 15.0. The molecule has 2 unspecified atom stereocenters. The lowest BCUT2D eigenvalue weighted by Crippen LogP contribution is -2.37. The van der Waals surface area contributed by atoms with Crippen LogP contribution in [0.25, 0.3) is 11.3 Å². The van der Waals surface area contributed by atoms with Gasteiger partial charge in [0.05, 0.1) is 29.1 Å². The molecule has 1 aliphatic rings. The topological polar surface area (TPSA) is 141 Å². The number of esters is 2. The van der Waals surface area contributed by atoms with Gasteiger partial charge < -0.3 is 19.9 Å². The van der Waals surface area contributed by atoms with Gasteiger partial charge in [0, 0.05) is 43.7 Å². The molecule has 4 heterocycles. The van der Waals surface area contributed by atoms with E-state index in [2.05, 4.69) is 25.4 Å². The second kappa shape index (κ2) is 13.7. The summed E-state index contributed by atoms with van der Waals surface area (Å²) < 4.78 is 38.3. The van der Waals surface area contributed by atoms with Crippen molar-refractivity contribution in [2.45, 2.75) is 64.8 Å². The first-order chi connectivity index (χ1) is 21.9. The molecule has 4 aromatic heterocycles. The highest BCUT2D eigenvalue weighted by molar-refractivity contribution is 5.88. The fraction of sp³-hybridized carbons (Fsp3) is 0.394. The summed E-state index contributed by atoms with van der Waals surface area (Å²) in [6.07, 6.45) is 4.38. The fourth-order valence-corrected chi connectivity index (χ4v) is 5.64. The standard InChI is InChI=1S/C33H36F2N6O5/c1-19-13-26(39-29(14-19)40-28-15-22(30(34)35)11-12-36-28)23-7-10-27(37-16-23)33(3,44)25-8-5-21(6-9-25)31(42)45-20(2)46-32(43)24-17-38-41(4)18-24/h7,10-18,20-21,25,30,44H,5-6,8-9H2,1-4H3,(H,36,39,40). The van der Waals surface area contributed by atoms with Crippen LogP contribution < -0.4 is 5.32 Å². The zero-order valence-corrected chi connectivity index (χ0v) is 26.0. The number of aromatic nitrogens is 5. The average molecular weight is 635 g/mol. The number of halogens is 2. The molecule has 0 saturated heterocycles. The molecule has 13 heteroatoms. The Kier molecular flexibility index (Phi) is 9.71. The molecule has 11 nitrogen and oxygen atoms in total. The highest BCUT2D eigenvalue weighted by atomic mass is 19.3. The van der Waals surface area contributed by atoms with Gasteiger partial charge in [-0.05, 0) is 87.4 Å². The summed E-state index contributed by atoms with van der Waals surface area (Å²) in [6.45, 7) is 5.12. The fourth-order valence-electron chi connectivity index (χ4n) is 5.64. The quantitative estimate of drug-likeness (QED) is 0.157. The SMILES string of the molecule is Cc1cc(Nc2cc(C(F)F)ccn2)nc(-c2ccc(C(C)(O)C3CCC(C(=O)OC(C)OC(=O)c4cnn(C)c4)CC3)nc2)c1. The first-order valence-corrected chi connectivity index (χ1v) is 15.0.